The van der Waals surface area contributed by atoms with E-state index in [9.17, 15) is 0 Å². The second-order valence-corrected chi connectivity index (χ2v) is 5.57. The third kappa shape index (κ3) is 4.55. The topological polar surface area (TPSA) is 3.24 Å². The van der Waals surface area contributed by atoms with Crippen molar-refractivity contribution in [2.24, 2.45) is 5.41 Å². The van der Waals surface area contributed by atoms with Crippen LogP contribution in [0.25, 0.3) is 0 Å². The van der Waals surface area contributed by atoms with E-state index in [-0.39, 0.29) is 0 Å². The highest BCUT2D eigenvalue weighted by atomic mass is 15.1. The first kappa shape index (κ1) is 13.0. The van der Waals surface area contributed by atoms with E-state index in [2.05, 4.69) is 25.7 Å². The minimum atomic E-state index is 0.603. The van der Waals surface area contributed by atoms with Crippen molar-refractivity contribution in [3.05, 3.63) is 0 Å². The van der Waals surface area contributed by atoms with Crippen LogP contribution >= 0.6 is 0 Å². The first-order valence-electron chi connectivity index (χ1n) is 6.92. The molecule has 0 aromatic carbocycles. The third-order valence-electron chi connectivity index (χ3n) is 4.19. The zero-order valence-corrected chi connectivity index (χ0v) is 11.0. The van der Waals surface area contributed by atoms with Gasteiger partial charge in [0.1, 0.15) is 0 Å². The lowest BCUT2D eigenvalue weighted by Gasteiger charge is -2.33. The van der Waals surface area contributed by atoms with E-state index < -0.39 is 0 Å². The van der Waals surface area contributed by atoms with E-state index in [4.69, 9.17) is 0 Å². The summed E-state index contributed by atoms with van der Waals surface area (Å²) in [5.74, 6) is 0. The highest BCUT2D eigenvalue weighted by Crippen LogP contribution is 2.31. The maximum atomic E-state index is 2.67. The fourth-order valence-electron chi connectivity index (χ4n) is 2.69. The van der Waals surface area contributed by atoms with Crippen LogP contribution in [0.2, 0.25) is 0 Å². The first-order valence-corrected chi connectivity index (χ1v) is 6.92. The molecule has 1 heteroatoms. The molecule has 15 heavy (non-hydrogen) atoms. The van der Waals surface area contributed by atoms with Crippen LogP contribution in [-0.2, 0) is 0 Å². The van der Waals surface area contributed by atoms with Crippen LogP contribution in [-0.4, -0.2) is 24.5 Å². The molecule has 0 spiro atoms. The lowest BCUT2D eigenvalue weighted by Crippen LogP contribution is -2.33. The van der Waals surface area contributed by atoms with Crippen molar-refractivity contribution in [1.29, 1.82) is 0 Å². The molecule has 1 fully saturated rings. The molecule has 0 N–H and O–H groups in total. The van der Waals surface area contributed by atoms with Crippen molar-refractivity contribution in [3.8, 4) is 0 Å². The molecule has 0 aromatic rings. The van der Waals surface area contributed by atoms with Gasteiger partial charge in [0.2, 0.25) is 0 Å². The molecule has 0 bridgehead atoms. The second-order valence-electron chi connectivity index (χ2n) is 5.57. The second kappa shape index (κ2) is 6.52. The molecule has 90 valence electrons. The van der Waals surface area contributed by atoms with Crippen LogP contribution in [0, 0.1) is 5.41 Å². The van der Waals surface area contributed by atoms with Gasteiger partial charge in [0.05, 0.1) is 0 Å². The standard InChI is InChI=1S/C14H29N/c1-4-9-14(3,5-2)10-13-15-11-7-6-8-12-15/h4-13H2,1-3H3. The minimum absolute atomic E-state index is 0.603. The average Bonchev–Trinajstić information content (AvgIpc) is 2.28. The fourth-order valence-corrected chi connectivity index (χ4v) is 2.69. The number of nitrogens with zero attached hydrogens (tertiary/aromatic N) is 1. The van der Waals surface area contributed by atoms with E-state index in [0.717, 1.165) is 0 Å². The van der Waals surface area contributed by atoms with Gasteiger partial charge < -0.3 is 4.90 Å². The van der Waals surface area contributed by atoms with Crippen LogP contribution in [0.1, 0.15) is 65.7 Å². The van der Waals surface area contributed by atoms with Gasteiger partial charge in [0.15, 0.2) is 0 Å². The lowest BCUT2D eigenvalue weighted by atomic mass is 9.79. The van der Waals surface area contributed by atoms with Crippen LogP contribution in [0.4, 0.5) is 0 Å². The normalized spacial score (nSPS) is 22.6. The Kier molecular flexibility index (Phi) is 5.66. The number of hydrogen-bond acceptors (Lipinski definition) is 1. The number of hydrogen-bond donors (Lipinski definition) is 0. The summed E-state index contributed by atoms with van der Waals surface area (Å²) in [6.45, 7) is 11.2. The Morgan fingerprint density at radius 3 is 2.20 bits per heavy atom. The Morgan fingerprint density at radius 1 is 1.00 bits per heavy atom. The Hall–Kier alpha value is -0.0400. The Balaban J connectivity index is 2.25. The molecule has 0 aliphatic carbocycles. The monoisotopic (exact) mass is 211 g/mol. The highest BCUT2D eigenvalue weighted by molar-refractivity contribution is 4.75. The molecule has 0 aromatic heterocycles. The first-order chi connectivity index (χ1) is 7.20. The molecule has 1 unspecified atom stereocenters. The maximum Gasteiger partial charge on any atom is -0.00135 e. The zero-order chi connectivity index (χ0) is 11.1. The minimum Gasteiger partial charge on any atom is -0.303 e. The molecule has 1 saturated heterocycles. The van der Waals surface area contributed by atoms with Crippen molar-refractivity contribution < 1.29 is 0 Å². The van der Waals surface area contributed by atoms with E-state index in [1.165, 1.54) is 64.6 Å². The van der Waals surface area contributed by atoms with Gasteiger partial charge in [-0.2, -0.15) is 0 Å². The Labute approximate surface area is 96.2 Å². The molecular weight excluding hydrogens is 182 g/mol. The van der Waals surface area contributed by atoms with Gasteiger partial charge in [-0.15, -0.1) is 0 Å². The van der Waals surface area contributed by atoms with Crippen molar-refractivity contribution in [1.82, 2.24) is 4.90 Å². The number of rotatable bonds is 6. The van der Waals surface area contributed by atoms with Crippen LogP contribution in [0.5, 0.6) is 0 Å². The van der Waals surface area contributed by atoms with Gasteiger partial charge in [-0.1, -0.05) is 40.0 Å². The Morgan fingerprint density at radius 2 is 1.67 bits per heavy atom. The van der Waals surface area contributed by atoms with Gasteiger partial charge in [-0.3, -0.25) is 0 Å². The molecule has 1 aliphatic rings. The zero-order valence-electron chi connectivity index (χ0n) is 11.0. The lowest BCUT2D eigenvalue weighted by molar-refractivity contribution is 0.169. The van der Waals surface area contributed by atoms with E-state index in [0.29, 0.717) is 5.41 Å². The summed E-state index contributed by atoms with van der Waals surface area (Å²) in [5, 5.41) is 0. The highest BCUT2D eigenvalue weighted by Gasteiger charge is 2.22. The summed E-state index contributed by atoms with van der Waals surface area (Å²) >= 11 is 0. The Bertz CT molecular complexity index is 161. The predicted octanol–water partition coefficient (Wildman–Crippen LogP) is 4.08. The van der Waals surface area contributed by atoms with Crippen molar-refractivity contribution in [2.75, 3.05) is 19.6 Å². The molecule has 0 amide bonds. The molecule has 1 atom stereocenters. The summed E-state index contributed by atoms with van der Waals surface area (Å²) < 4.78 is 0. The van der Waals surface area contributed by atoms with Crippen LogP contribution in [0.3, 0.4) is 0 Å². The molecule has 1 aliphatic heterocycles. The van der Waals surface area contributed by atoms with Crippen molar-refractivity contribution in [3.63, 3.8) is 0 Å². The van der Waals surface area contributed by atoms with E-state index in [1.54, 1.807) is 0 Å². The van der Waals surface area contributed by atoms with Crippen LogP contribution in [0.15, 0.2) is 0 Å². The summed E-state index contributed by atoms with van der Waals surface area (Å²) in [4.78, 5) is 2.67. The quantitative estimate of drug-likeness (QED) is 0.640. The molecule has 1 rings (SSSR count). The molecule has 0 saturated carbocycles. The summed E-state index contributed by atoms with van der Waals surface area (Å²) in [6.07, 6.45) is 9.79. The van der Waals surface area contributed by atoms with Gasteiger partial charge in [0.25, 0.3) is 0 Å². The molecular formula is C14H29N. The molecule has 1 nitrogen and oxygen atoms in total. The molecule has 1 heterocycles. The molecule has 0 radical (unpaired) electrons. The fraction of sp³-hybridized carbons (Fsp3) is 1.00. The van der Waals surface area contributed by atoms with E-state index >= 15 is 0 Å². The van der Waals surface area contributed by atoms with Crippen LogP contribution < -0.4 is 0 Å². The summed E-state index contributed by atoms with van der Waals surface area (Å²) in [7, 11) is 0. The van der Waals surface area contributed by atoms with Gasteiger partial charge >= 0.3 is 0 Å². The average molecular weight is 211 g/mol. The third-order valence-corrected chi connectivity index (χ3v) is 4.19. The summed E-state index contributed by atoms with van der Waals surface area (Å²) in [6, 6.07) is 0. The van der Waals surface area contributed by atoms with E-state index in [1.807, 2.05) is 0 Å². The van der Waals surface area contributed by atoms with Gasteiger partial charge in [-0.05, 0) is 50.7 Å². The number of likely N-dealkylation sites (tertiary alicyclic amines) is 1. The van der Waals surface area contributed by atoms with Crippen molar-refractivity contribution in [2.45, 2.75) is 65.7 Å². The van der Waals surface area contributed by atoms with Crippen molar-refractivity contribution >= 4 is 0 Å². The predicted molar refractivity (Wildman–Crippen MR) is 68.2 cm³/mol. The van der Waals surface area contributed by atoms with Gasteiger partial charge in [-0.25, -0.2) is 0 Å². The largest absolute Gasteiger partial charge is 0.303 e. The summed E-state index contributed by atoms with van der Waals surface area (Å²) in [5.41, 5.74) is 0.603. The SMILES string of the molecule is CCCC(C)(CC)CCN1CCCCC1. The number of piperidine rings is 1. The maximum absolute atomic E-state index is 2.67. The van der Waals surface area contributed by atoms with Gasteiger partial charge in [0, 0.05) is 0 Å². The smallest absolute Gasteiger partial charge is 0.00135 e.